The first kappa shape index (κ1) is 19.5. The maximum absolute atomic E-state index is 11.9. The van der Waals surface area contributed by atoms with Gasteiger partial charge in [-0.3, -0.25) is 4.79 Å². The highest BCUT2D eigenvalue weighted by molar-refractivity contribution is 7.80. The van der Waals surface area contributed by atoms with Gasteiger partial charge in [0, 0.05) is 17.1 Å². The number of nitrogens with one attached hydrogen (secondary N) is 3. The van der Waals surface area contributed by atoms with Gasteiger partial charge >= 0.3 is 0 Å². The van der Waals surface area contributed by atoms with Gasteiger partial charge in [0.2, 0.25) is 0 Å². The lowest BCUT2D eigenvalue weighted by molar-refractivity contribution is 0.0996. The number of hydrogen-bond donors (Lipinski definition) is 3. The predicted molar refractivity (Wildman–Crippen MR) is 114 cm³/mol. The van der Waals surface area contributed by atoms with E-state index >= 15 is 0 Å². The van der Waals surface area contributed by atoms with E-state index in [1.165, 1.54) is 6.26 Å². The molecule has 0 saturated heterocycles. The molecule has 5 nitrogen and oxygen atoms in total. The lowest BCUT2D eigenvalue weighted by atomic mass is 10.2. The number of benzene rings is 2. The van der Waals surface area contributed by atoms with E-state index in [0.717, 1.165) is 5.69 Å². The Balaban J connectivity index is 1.59. The van der Waals surface area contributed by atoms with Gasteiger partial charge in [-0.25, -0.2) is 0 Å². The first-order chi connectivity index (χ1) is 12.9. The molecule has 0 aliphatic heterocycles. The summed E-state index contributed by atoms with van der Waals surface area (Å²) in [6.45, 7) is 0. The summed E-state index contributed by atoms with van der Waals surface area (Å²) in [5.41, 5.74) is 1.96. The van der Waals surface area contributed by atoms with Crippen LogP contribution in [-0.4, -0.2) is 11.0 Å². The molecule has 0 atom stereocenters. The van der Waals surface area contributed by atoms with Crippen LogP contribution in [0.2, 0.25) is 15.1 Å². The highest BCUT2D eigenvalue weighted by Gasteiger charge is 2.09. The maximum Gasteiger partial charge on any atom is 0.291 e. The zero-order valence-corrected chi connectivity index (χ0v) is 16.6. The first-order valence-corrected chi connectivity index (χ1v) is 9.14. The van der Waals surface area contributed by atoms with Gasteiger partial charge in [0.1, 0.15) is 0 Å². The zero-order valence-electron chi connectivity index (χ0n) is 13.6. The van der Waals surface area contributed by atoms with E-state index in [-0.39, 0.29) is 16.7 Å². The van der Waals surface area contributed by atoms with Crippen molar-refractivity contribution in [1.82, 2.24) is 0 Å². The molecule has 27 heavy (non-hydrogen) atoms. The highest BCUT2D eigenvalue weighted by Crippen LogP contribution is 2.33. The summed E-state index contributed by atoms with van der Waals surface area (Å²) in [5.74, 6) is -0.0859. The summed E-state index contributed by atoms with van der Waals surface area (Å²) in [6.07, 6.45) is 1.44. The Labute approximate surface area is 175 Å². The Bertz CT molecular complexity index is 953. The molecular weight excluding hydrogens is 429 g/mol. The van der Waals surface area contributed by atoms with Crippen molar-refractivity contribution in [2.75, 3.05) is 16.0 Å². The van der Waals surface area contributed by atoms with Gasteiger partial charge in [0.05, 0.1) is 21.3 Å². The number of furan rings is 1. The van der Waals surface area contributed by atoms with E-state index < -0.39 is 0 Å². The number of thiocarbonyl (C=S) groups is 1. The van der Waals surface area contributed by atoms with Gasteiger partial charge in [-0.2, -0.15) is 0 Å². The van der Waals surface area contributed by atoms with E-state index in [9.17, 15) is 4.79 Å². The summed E-state index contributed by atoms with van der Waals surface area (Å²) < 4.78 is 5.05. The van der Waals surface area contributed by atoms with Crippen LogP contribution in [0.15, 0.2) is 59.2 Å². The third kappa shape index (κ3) is 5.14. The SMILES string of the molecule is O=C(Nc1ccc(NC(=S)Nc2cc(Cl)c(Cl)c(Cl)c2)cc1)c1ccco1. The Hall–Kier alpha value is -2.25. The molecule has 0 saturated carbocycles. The Morgan fingerprint density at radius 1 is 0.852 bits per heavy atom. The first-order valence-electron chi connectivity index (χ1n) is 7.60. The van der Waals surface area contributed by atoms with Crippen LogP contribution in [0.1, 0.15) is 10.6 Å². The second-order valence-corrected chi connectivity index (χ2v) is 6.94. The predicted octanol–water partition coefficient (Wildman–Crippen LogP) is 6.30. The molecule has 0 bridgehead atoms. The minimum atomic E-state index is -0.325. The lowest BCUT2D eigenvalue weighted by Crippen LogP contribution is -2.19. The van der Waals surface area contributed by atoms with E-state index in [2.05, 4.69) is 16.0 Å². The smallest absolute Gasteiger partial charge is 0.291 e. The molecule has 1 amide bonds. The number of anilines is 3. The van der Waals surface area contributed by atoms with Crippen LogP contribution in [-0.2, 0) is 0 Å². The fraction of sp³-hybridized carbons (Fsp3) is 0. The number of carbonyl (C=O) groups is 1. The van der Waals surface area contributed by atoms with E-state index in [4.69, 9.17) is 51.4 Å². The molecule has 0 fully saturated rings. The average molecular weight is 441 g/mol. The van der Waals surface area contributed by atoms with Crippen LogP contribution in [0.5, 0.6) is 0 Å². The van der Waals surface area contributed by atoms with Crippen molar-refractivity contribution in [3.63, 3.8) is 0 Å². The molecule has 3 N–H and O–H groups in total. The monoisotopic (exact) mass is 439 g/mol. The number of carbonyl (C=O) groups excluding carboxylic acids is 1. The largest absolute Gasteiger partial charge is 0.459 e. The van der Waals surface area contributed by atoms with Crippen molar-refractivity contribution in [1.29, 1.82) is 0 Å². The molecule has 3 rings (SSSR count). The zero-order chi connectivity index (χ0) is 19.4. The number of hydrogen-bond acceptors (Lipinski definition) is 3. The summed E-state index contributed by atoms with van der Waals surface area (Å²) >= 11 is 23.2. The van der Waals surface area contributed by atoms with Crippen molar-refractivity contribution in [3.8, 4) is 0 Å². The van der Waals surface area contributed by atoms with Gasteiger partial charge in [-0.1, -0.05) is 34.8 Å². The van der Waals surface area contributed by atoms with E-state index in [1.807, 2.05) is 0 Å². The molecule has 0 aliphatic rings. The Morgan fingerprint density at radius 3 is 1.96 bits per heavy atom. The number of rotatable bonds is 4. The minimum absolute atomic E-state index is 0.239. The van der Waals surface area contributed by atoms with Crippen LogP contribution in [0.4, 0.5) is 17.1 Å². The van der Waals surface area contributed by atoms with Gasteiger partial charge in [0.25, 0.3) is 5.91 Å². The highest BCUT2D eigenvalue weighted by atomic mass is 35.5. The van der Waals surface area contributed by atoms with Crippen molar-refractivity contribution in [2.24, 2.45) is 0 Å². The standard InChI is InChI=1S/C18H12Cl3N3O2S/c19-13-8-12(9-14(20)16(13)21)24-18(27)23-11-5-3-10(4-6-11)22-17(25)15-2-1-7-26-15/h1-9H,(H,22,25)(H2,23,24,27). The second kappa shape index (κ2) is 8.63. The fourth-order valence-electron chi connectivity index (χ4n) is 2.16. The molecule has 0 aliphatic carbocycles. The number of amides is 1. The van der Waals surface area contributed by atoms with Gasteiger partial charge in [0.15, 0.2) is 10.9 Å². The summed E-state index contributed by atoms with van der Waals surface area (Å²) in [7, 11) is 0. The molecule has 1 heterocycles. The normalized spacial score (nSPS) is 10.3. The van der Waals surface area contributed by atoms with Crippen molar-refractivity contribution >= 4 is 75.1 Å². The quantitative estimate of drug-likeness (QED) is 0.328. The minimum Gasteiger partial charge on any atom is -0.459 e. The van der Waals surface area contributed by atoms with Crippen LogP contribution in [0.25, 0.3) is 0 Å². The molecule has 9 heteroatoms. The third-order valence-corrected chi connectivity index (χ3v) is 4.79. The van der Waals surface area contributed by atoms with Gasteiger partial charge in [-0.15, -0.1) is 0 Å². The van der Waals surface area contributed by atoms with Gasteiger partial charge < -0.3 is 20.4 Å². The van der Waals surface area contributed by atoms with Crippen molar-refractivity contribution in [2.45, 2.75) is 0 Å². The Morgan fingerprint density at radius 2 is 1.41 bits per heavy atom. The van der Waals surface area contributed by atoms with Crippen molar-refractivity contribution in [3.05, 3.63) is 75.6 Å². The molecule has 0 unspecified atom stereocenters. The molecule has 1 aromatic heterocycles. The molecule has 0 spiro atoms. The molecule has 2 aromatic carbocycles. The summed E-state index contributed by atoms with van der Waals surface area (Å²) in [4.78, 5) is 11.9. The molecule has 138 valence electrons. The van der Waals surface area contributed by atoms with Crippen molar-refractivity contribution < 1.29 is 9.21 Å². The molecule has 0 radical (unpaired) electrons. The van der Waals surface area contributed by atoms with Crippen LogP contribution < -0.4 is 16.0 Å². The third-order valence-electron chi connectivity index (χ3n) is 3.39. The number of halogens is 3. The maximum atomic E-state index is 11.9. The van der Waals surface area contributed by atoms with Crippen LogP contribution in [0.3, 0.4) is 0 Å². The van der Waals surface area contributed by atoms with Crippen LogP contribution in [0, 0.1) is 0 Å². The van der Waals surface area contributed by atoms with E-state index in [1.54, 1.807) is 48.5 Å². The molecule has 3 aromatic rings. The topological polar surface area (TPSA) is 66.3 Å². The summed E-state index contributed by atoms with van der Waals surface area (Å²) in [5, 5.41) is 10.0. The lowest BCUT2D eigenvalue weighted by Gasteiger charge is -2.12. The second-order valence-electron chi connectivity index (χ2n) is 5.34. The van der Waals surface area contributed by atoms with Gasteiger partial charge in [-0.05, 0) is 60.7 Å². The van der Waals surface area contributed by atoms with E-state index in [0.29, 0.717) is 26.5 Å². The summed E-state index contributed by atoms with van der Waals surface area (Å²) in [6, 6.07) is 13.5. The fourth-order valence-corrected chi connectivity index (χ4v) is 2.99. The molecular formula is C18H12Cl3N3O2S. The Kier molecular flexibility index (Phi) is 6.23. The average Bonchev–Trinajstić information content (AvgIpc) is 3.16. The van der Waals surface area contributed by atoms with Crippen LogP contribution >= 0.6 is 47.0 Å².